The van der Waals surface area contributed by atoms with E-state index in [1.165, 1.54) is 18.7 Å². The van der Waals surface area contributed by atoms with Crippen molar-refractivity contribution in [3.8, 4) is 11.5 Å². The predicted octanol–water partition coefficient (Wildman–Crippen LogP) is 4.34. The molecule has 1 heterocycles. The number of aromatic nitrogens is 1. The Bertz CT molecular complexity index is 1370. The van der Waals surface area contributed by atoms with Crippen LogP contribution in [0.4, 0.5) is 5.69 Å². The van der Waals surface area contributed by atoms with E-state index in [0.29, 0.717) is 11.5 Å². The summed E-state index contributed by atoms with van der Waals surface area (Å²) in [5.41, 5.74) is 8.90. The molecule has 0 radical (unpaired) electrons. The molecule has 0 aliphatic heterocycles. The van der Waals surface area contributed by atoms with Crippen LogP contribution in [0.2, 0.25) is 0 Å². The molecular formula is C26H25N3O4. The molecule has 0 unspecified atom stereocenters. The summed E-state index contributed by atoms with van der Waals surface area (Å²) in [6, 6.07) is 19.3. The summed E-state index contributed by atoms with van der Waals surface area (Å²) in [5.74, 6) is 0.0192. The van der Waals surface area contributed by atoms with Crippen LogP contribution in [-0.2, 0) is 16.1 Å². The zero-order valence-corrected chi connectivity index (χ0v) is 18.5. The summed E-state index contributed by atoms with van der Waals surface area (Å²) < 4.78 is 12.9. The number of primary amides is 1. The molecule has 3 N–H and O–H groups in total. The topological polar surface area (TPSA) is 95.6 Å². The first kappa shape index (κ1) is 22.0. The highest BCUT2D eigenvalue weighted by atomic mass is 16.5. The summed E-state index contributed by atoms with van der Waals surface area (Å²) in [6.07, 6.45) is 3.13. The van der Waals surface area contributed by atoms with E-state index >= 15 is 0 Å². The first-order valence-electron chi connectivity index (χ1n) is 10.6. The van der Waals surface area contributed by atoms with Gasteiger partial charge in [-0.3, -0.25) is 9.59 Å². The first-order valence-corrected chi connectivity index (χ1v) is 10.6. The van der Waals surface area contributed by atoms with Crippen LogP contribution in [0.5, 0.6) is 11.5 Å². The number of nitrogens with two attached hydrogens (primary N) is 1. The molecule has 0 bridgehead atoms. The number of hydrogen-bond acceptors (Lipinski definition) is 4. The number of anilines is 1. The van der Waals surface area contributed by atoms with Gasteiger partial charge in [-0.2, -0.15) is 0 Å². The number of ether oxygens (including phenoxy) is 2. The second-order valence-electron chi connectivity index (χ2n) is 7.48. The minimum atomic E-state index is -0.574. The maximum atomic E-state index is 12.5. The lowest BCUT2D eigenvalue weighted by Crippen LogP contribution is -2.20. The van der Waals surface area contributed by atoms with E-state index < -0.39 is 5.91 Å². The average Bonchev–Trinajstić information content (AvgIpc) is 3.14. The van der Waals surface area contributed by atoms with Gasteiger partial charge in [0.1, 0.15) is 0 Å². The Morgan fingerprint density at radius 1 is 1.00 bits per heavy atom. The van der Waals surface area contributed by atoms with Gasteiger partial charge < -0.3 is 25.1 Å². The maximum absolute atomic E-state index is 12.5. The monoisotopic (exact) mass is 443 g/mol. The molecule has 0 saturated carbocycles. The third kappa shape index (κ3) is 4.67. The van der Waals surface area contributed by atoms with Gasteiger partial charge in [0.2, 0.25) is 5.91 Å². The molecule has 0 aliphatic rings. The van der Waals surface area contributed by atoms with Crippen molar-refractivity contribution in [2.24, 2.45) is 5.73 Å². The van der Waals surface area contributed by atoms with Crippen molar-refractivity contribution in [3.63, 3.8) is 0 Å². The van der Waals surface area contributed by atoms with Crippen LogP contribution < -0.4 is 20.5 Å². The second-order valence-corrected chi connectivity index (χ2v) is 7.48. The highest BCUT2D eigenvalue weighted by Gasteiger charge is 2.10. The van der Waals surface area contributed by atoms with Gasteiger partial charge in [-0.05, 0) is 55.0 Å². The Kier molecular flexibility index (Phi) is 6.31. The maximum Gasteiger partial charge on any atom is 0.255 e. The molecule has 4 rings (SSSR count). The number of rotatable bonds is 8. The minimum absolute atomic E-state index is 0.241. The quantitative estimate of drug-likeness (QED) is 0.396. The van der Waals surface area contributed by atoms with Crippen LogP contribution in [-0.4, -0.2) is 30.1 Å². The number of aryl methyl sites for hydroxylation is 1. The Labute approximate surface area is 191 Å². The number of para-hydroxylation sites is 1. The summed E-state index contributed by atoms with van der Waals surface area (Å²) in [6.45, 7) is 2.75. The molecule has 7 nitrogen and oxygen atoms in total. The van der Waals surface area contributed by atoms with Crippen LogP contribution in [0.15, 0.2) is 66.7 Å². The van der Waals surface area contributed by atoms with Crippen molar-refractivity contribution in [2.75, 3.05) is 19.0 Å². The molecule has 1 aromatic heterocycles. The summed E-state index contributed by atoms with van der Waals surface area (Å²) in [7, 11) is 1.50. The van der Waals surface area contributed by atoms with Crippen molar-refractivity contribution in [3.05, 3.63) is 72.3 Å². The van der Waals surface area contributed by atoms with Crippen LogP contribution in [0, 0.1) is 0 Å². The average molecular weight is 444 g/mol. The van der Waals surface area contributed by atoms with E-state index in [1.54, 1.807) is 24.3 Å². The van der Waals surface area contributed by atoms with Gasteiger partial charge in [0.25, 0.3) is 5.91 Å². The lowest BCUT2D eigenvalue weighted by Gasteiger charge is -2.10. The number of hydrogen-bond donors (Lipinski definition) is 2. The van der Waals surface area contributed by atoms with Gasteiger partial charge in [0.05, 0.1) is 7.11 Å². The van der Waals surface area contributed by atoms with Crippen molar-refractivity contribution >= 4 is 45.4 Å². The highest BCUT2D eigenvalue weighted by Crippen LogP contribution is 2.31. The van der Waals surface area contributed by atoms with E-state index in [9.17, 15) is 9.59 Å². The van der Waals surface area contributed by atoms with Crippen molar-refractivity contribution in [1.82, 2.24) is 4.57 Å². The number of methoxy groups -OCH3 is 1. The minimum Gasteiger partial charge on any atom is -0.493 e. The van der Waals surface area contributed by atoms with E-state index in [4.69, 9.17) is 15.2 Å². The third-order valence-electron chi connectivity index (χ3n) is 5.34. The van der Waals surface area contributed by atoms with Crippen molar-refractivity contribution in [1.29, 1.82) is 0 Å². The fraction of sp³-hybridized carbons (Fsp3) is 0.154. The number of nitrogens with zero attached hydrogens (tertiary/aromatic N) is 1. The summed E-state index contributed by atoms with van der Waals surface area (Å²) in [4.78, 5) is 23.5. The summed E-state index contributed by atoms with van der Waals surface area (Å²) >= 11 is 0. The molecule has 7 heteroatoms. The van der Waals surface area contributed by atoms with Crippen LogP contribution in [0.1, 0.15) is 12.5 Å². The lowest BCUT2D eigenvalue weighted by molar-refractivity contribution is -0.120. The standard InChI is InChI=1S/C26H25N3O4/c1-3-29-21-7-5-4-6-19(21)20-15-18(10-11-22(20)29)28-26(31)13-9-17-8-12-23(24(14-17)32-2)33-16-25(27)30/h4-15H,3,16H2,1-2H3,(H2,27,30)(H,28,31)/b13-9+. The molecule has 168 valence electrons. The van der Waals surface area contributed by atoms with Gasteiger partial charge in [-0.25, -0.2) is 0 Å². The molecule has 2 amide bonds. The van der Waals surface area contributed by atoms with Crippen LogP contribution in [0.3, 0.4) is 0 Å². The lowest BCUT2D eigenvalue weighted by atomic mass is 10.1. The molecule has 0 spiro atoms. The van der Waals surface area contributed by atoms with E-state index in [0.717, 1.165) is 34.1 Å². The molecule has 0 saturated heterocycles. The Hall–Kier alpha value is -4.26. The number of carbonyl (C=O) groups excluding carboxylic acids is 2. The number of fused-ring (bicyclic) bond motifs is 3. The number of amides is 2. The fourth-order valence-corrected chi connectivity index (χ4v) is 3.88. The normalized spacial score (nSPS) is 11.2. The SMILES string of the molecule is CCn1c2ccccc2c2cc(NC(=O)/C=C/c3ccc(OCC(N)=O)c(OC)c3)ccc21. The molecule has 33 heavy (non-hydrogen) atoms. The number of benzene rings is 3. The van der Waals surface area contributed by atoms with Gasteiger partial charge >= 0.3 is 0 Å². The predicted molar refractivity (Wildman–Crippen MR) is 130 cm³/mol. The largest absolute Gasteiger partial charge is 0.493 e. The fourth-order valence-electron chi connectivity index (χ4n) is 3.88. The molecule has 0 fully saturated rings. The van der Waals surface area contributed by atoms with Crippen molar-refractivity contribution < 1.29 is 19.1 Å². The van der Waals surface area contributed by atoms with Gasteiger partial charge in [-0.1, -0.05) is 24.3 Å². The smallest absolute Gasteiger partial charge is 0.255 e. The zero-order valence-electron chi connectivity index (χ0n) is 18.5. The summed E-state index contributed by atoms with van der Waals surface area (Å²) in [5, 5.41) is 5.19. The third-order valence-corrected chi connectivity index (χ3v) is 5.34. The molecular weight excluding hydrogens is 418 g/mol. The van der Waals surface area contributed by atoms with Gasteiger partial charge in [-0.15, -0.1) is 0 Å². The molecule has 0 aliphatic carbocycles. The van der Waals surface area contributed by atoms with Gasteiger partial charge in [0.15, 0.2) is 18.1 Å². The molecule has 3 aromatic carbocycles. The Morgan fingerprint density at radius 3 is 2.55 bits per heavy atom. The zero-order chi connectivity index (χ0) is 23.4. The molecule has 0 atom stereocenters. The van der Waals surface area contributed by atoms with Crippen molar-refractivity contribution in [2.45, 2.75) is 13.5 Å². The molecule has 4 aromatic rings. The highest BCUT2D eigenvalue weighted by molar-refractivity contribution is 6.10. The second kappa shape index (κ2) is 9.48. The van der Waals surface area contributed by atoms with E-state index in [2.05, 4.69) is 28.9 Å². The van der Waals surface area contributed by atoms with E-state index in [1.807, 2.05) is 30.3 Å². The Balaban J connectivity index is 1.52. The van der Waals surface area contributed by atoms with Crippen LogP contribution >= 0.6 is 0 Å². The van der Waals surface area contributed by atoms with Crippen LogP contribution in [0.25, 0.3) is 27.9 Å². The number of carbonyl (C=O) groups is 2. The van der Waals surface area contributed by atoms with E-state index in [-0.39, 0.29) is 12.5 Å². The Morgan fingerprint density at radius 2 is 1.79 bits per heavy atom. The number of nitrogens with one attached hydrogen (secondary N) is 1. The van der Waals surface area contributed by atoms with Gasteiger partial charge in [0, 0.05) is 40.1 Å². The first-order chi connectivity index (χ1) is 16.0.